The molecular formula is C13H19FN4O. The van der Waals surface area contributed by atoms with Crippen LogP contribution in [0.25, 0.3) is 0 Å². The molecule has 1 aliphatic rings. The third-order valence-corrected chi connectivity index (χ3v) is 3.52. The predicted molar refractivity (Wildman–Crippen MR) is 73.6 cm³/mol. The lowest BCUT2D eigenvalue weighted by Crippen LogP contribution is -2.50. The van der Waals surface area contributed by atoms with Crippen LogP contribution >= 0.6 is 0 Å². The Labute approximate surface area is 112 Å². The van der Waals surface area contributed by atoms with Gasteiger partial charge in [-0.2, -0.15) is 0 Å². The molecule has 0 bridgehead atoms. The number of likely N-dealkylation sites (N-methyl/N-ethyl adjacent to an activating group) is 1. The molecule has 104 valence electrons. The van der Waals surface area contributed by atoms with Gasteiger partial charge in [0, 0.05) is 31.4 Å². The quantitative estimate of drug-likeness (QED) is 0.771. The molecule has 6 heteroatoms. The van der Waals surface area contributed by atoms with E-state index in [0.717, 1.165) is 13.1 Å². The second-order valence-electron chi connectivity index (χ2n) is 5.06. The maximum absolute atomic E-state index is 14.1. The van der Waals surface area contributed by atoms with Gasteiger partial charge in [0.05, 0.1) is 11.3 Å². The van der Waals surface area contributed by atoms with E-state index in [4.69, 9.17) is 11.5 Å². The smallest absolute Gasteiger partial charge is 0.250 e. The van der Waals surface area contributed by atoms with Crippen LogP contribution in [0.15, 0.2) is 12.1 Å². The number of nitrogens with two attached hydrogens (primary N) is 2. The Hall–Kier alpha value is -1.82. The molecule has 1 aromatic carbocycles. The molecule has 1 aliphatic heterocycles. The van der Waals surface area contributed by atoms with Crippen molar-refractivity contribution >= 4 is 17.3 Å². The number of carbonyl (C=O) groups is 1. The third kappa shape index (κ3) is 2.63. The molecule has 5 nitrogen and oxygen atoms in total. The molecule has 0 aromatic heterocycles. The van der Waals surface area contributed by atoms with E-state index in [9.17, 15) is 9.18 Å². The van der Waals surface area contributed by atoms with Gasteiger partial charge in [0.2, 0.25) is 0 Å². The summed E-state index contributed by atoms with van der Waals surface area (Å²) in [7, 11) is 2.03. The van der Waals surface area contributed by atoms with E-state index in [1.807, 2.05) is 18.9 Å². The Morgan fingerprint density at radius 3 is 2.68 bits per heavy atom. The number of primary amides is 1. The van der Waals surface area contributed by atoms with Crippen molar-refractivity contribution in [2.75, 3.05) is 37.3 Å². The zero-order chi connectivity index (χ0) is 14.2. The largest absolute Gasteiger partial charge is 0.398 e. The number of rotatable bonds is 2. The average Bonchev–Trinajstić information content (AvgIpc) is 2.30. The fourth-order valence-electron chi connectivity index (χ4n) is 2.51. The number of nitrogen functional groups attached to an aromatic ring is 1. The van der Waals surface area contributed by atoms with E-state index in [1.54, 1.807) is 0 Å². The van der Waals surface area contributed by atoms with Gasteiger partial charge in [-0.15, -0.1) is 0 Å². The molecule has 1 fully saturated rings. The second kappa shape index (κ2) is 5.05. The number of nitrogens with zero attached hydrogens (tertiary/aromatic N) is 2. The van der Waals surface area contributed by atoms with Crippen molar-refractivity contribution in [1.29, 1.82) is 0 Å². The van der Waals surface area contributed by atoms with Crippen molar-refractivity contribution in [1.82, 2.24) is 4.90 Å². The number of anilines is 2. The van der Waals surface area contributed by atoms with Gasteiger partial charge >= 0.3 is 0 Å². The van der Waals surface area contributed by atoms with Gasteiger partial charge in [-0.1, -0.05) is 0 Å². The number of halogens is 1. The predicted octanol–water partition coefficient (Wildman–Crippen LogP) is 0.647. The highest BCUT2D eigenvalue weighted by molar-refractivity contribution is 5.99. The molecule has 1 unspecified atom stereocenters. The van der Waals surface area contributed by atoms with Crippen molar-refractivity contribution in [3.05, 3.63) is 23.5 Å². The highest BCUT2D eigenvalue weighted by Gasteiger charge is 2.25. The van der Waals surface area contributed by atoms with Crippen molar-refractivity contribution in [2.24, 2.45) is 5.73 Å². The first-order chi connectivity index (χ1) is 8.90. The zero-order valence-electron chi connectivity index (χ0n) is 11.2. The standard InChI is InChI=1S/C13H19FN4O/c1-8-7-17(2)3-4-18(8)12-5-9(13(16)19)11(15)6-10(12)14/h5-6,8H,3-4,7,15H2,1-2H3,(H2,16,19). The molecule has 0 radical (unpaired) electrons. The molecule has 1 amide bonds. The fourth-order valence-corrected chi connectivity index (χ4v) is 2.51. The molecule has 4 N–H and O–H groups in total. The Bertz CT molecular complexity index is 506. The molecule has 0 saturated carbocycles. The molecule has 1 aromatic rings. The SMILES string of the molecule is CC1CN(C)CCN1c1cc(C(N)=O)c(N)cc1F. The first-order valence-corrected chi connectivity index (χ1v) is 6.24. The Kier molecular flexibility index (Phi) is 3.61. The third-order valence-electron chi connectivity index (χ3n) is 3.52. The van der Waals surface area contributed by atoms with Crippen LogP contribution in [0.5, 0.6) is 0 Å². The summed E-state index contributed by atoms with van der Waals surface area (Å²) < 4.78 is 14.1. The lowest BCUT2D eigenvalue weighted by Gasteiger charge is -2.40. The summed E-state index contributed by atoms with van der Waals surface area (Å²) in [5.74, 6) is -1.06. The minimum atomic E-state index is -0.638. The van der Waals surface area contributed by atoms with Crippen LogP contribution in [0.3, 0.4) is 0 Å². The number of hydrogen-bond acceptors (Lipinski definition) is 4. The van der Waals surface area contributed by atoms with Gasteiger partial charge in [0.15, 0.2) is 0 Å². The van der Waals surface area contributed by atoms with Crippen molar-refractivity contribution in [2.45, 2.75) is 13.0 Å². The maximum Gasteiger partial charge on any atom is 0.250 e. The second-order valence-corrected chi connectivity index (χ2v) is 5.06. The molecule has 1 atom stereocenters. The van der Waals surface area contributed by atoms with E-state index in [-0.39, 0.29) is 17.3 Å². The van der Waals surface area contributed by atoms with Crippen molar-refractivity contribution in [3.63, 3.8) is 0 Å². The molecule has 2 rings (SSSR count). The lowest BCUT2D eigenvalue weighted by atomic mass is 10.1. The zero-order valence-corrected chi connectivity index (χ0v) is 11.2. The number of carbonyl (C=O) groups excluding carboxylic acids is 1. The summed E-state index contributed by atoms with van der Waals surface area (Å²) in [5, 5.41) is 0. The van der Waals surface area contributed by atoms with Crippen LogP contribution in [0.2, 0.25) is 0 Å². The average molecular weight is 266 g/mol. The van der Waals surface area contributed by atoms with Crippen molar-refractivity contribution < 1.29 is 9.18 Å². The van der Waals surface area contributed by atoms with Gasteiger partial charge in [-0.3, -0.25) is 4.79 Å². The molecular weight excluding hydrogens is 247 g/mol. The van der Waals surface area contributed by atoms with Crippen LogP contribution in [-0.2, 0) is 0 Å². The van der Waals surface area contributed by atoms with Crippen LogP contribution in [-0.4, -0.2) is 43.5 Å². The number of piperazine rings is 1. The molecule has 0 spiro atoms. The van der Waals surface area contributed by atoms with Gasteiger partial charge in [-0.25, -0.2) is 4.39 Å². The van der Waals surface area contributed by atoms with Gasteiger partial charge in [0.25, 0.3) is 5.91 Å². The van der Waals surface area contributed by atoms with Crippen LogP contribution in [0.1, 0.15) is 17.3 Å². The van der Waals surface area contributed by atoms with Gasteiger partial charge in [-0.05, 0) is 26.1 Å². The van der Waals surface area contributed by atoms with Crippen LogP contribution in [0.4, 0.5) is 15.8 Å². The van der Waals surface area contributed by atoms with E-state index < -0.39 is 11.7 Å². The Morgan fingerprint density at radius 2 is 2.11 bits per heavy atom. The van der Waals surface area contributed by atoms with Gasteiger partial charge < -0.3 is 21.3 Å². The van der Waals surface area contributed by atoms with Crippen molar-refractivity contribution in [3.8, 4) is 0 Å². The highest BCUT2D eigenvalue weighted by atomic mass is 19.1. The summed E-state index contributed by atoms with van der Waals surface area (Å²) in [5.41, 5.74) is 11.5. The Morgan fingerprint density at radius 1 is 1.42 bits per heavy atom. The van der Waals surface area contributed by atoms with Gasteiger partial charge in [0.1, 0.15) is 5.82 Å². The molecule has 1 saturated heterocycles. The topological polar surface area (TPSA) is 75.6 Å². The first-order valence-electron chi connectivity index (χ1n) is 6.24. The van der Waals surface area contributed by atoms with Crippen LogP contribution in [0, 0.1) is 5.82 Å². The molecule has 1 heterocycles. The first kappa shape index (κ1) is 13.6. The monoisotopic (exact) mass is 266 g/mol. The summed E-state index contributed by atoms with van der Waals surface area (Å²) in [6, 6.07) is 2.78. The van der Waals surface area contributed by atoms with Crippen LogP contribution < -0.4 is 16.4 Å². The van der Waals surface area contributed by atoms with E-state index in [0.29, 0.717) is 12.2 Å². The summed E-state index contributed by atoms with van der Waals surface area (Å²) in [6.07, 6.45) is 0. The minimum Gasteiger partial charge on any atom is -0.398 e. The van der Waals surface area contributed by atoms with E-state index in [2.05, 4.69) is 4.90 Å². The highest BCUT2D eigenvalue weighted by Crippen LogP contribution is 2.28. The van der Waals surface area contributed by atoms with E-state index >= 15 is 0 Å². The minimum absolute atomic E-state index is 0.0792. The number of amides is 1. The maximum atomic E-state index is 14.1. The summed E-state index contributed by atoms with van der Waals surface area (Å²) >= 11 is 0. The summed E-state index contributed by atoms with van der Waals surface area (Å²) in [4.78, 5) is 15.4. The normalized spacial score (nSPS) is 20.6. The molecule has 19 heavy (non-hydrogen) atoms. The Balaban J connectivity index is 2.39. The molecule has 0 aliphatic carbocycles. The number of hydrogen-bond donors (Lipinski definition) is 2. The number of benzene rings is 1. The van der Waals surface area contributed by atoms with E-state index in [1.165, 1.54) is 12.1 Å². The fraction of sp³-hybridized carbons (Fsp3) is 0.462. The summed E-state index contributed by atoms with van der Waals surface area (Å²) in [6.45, 7) is 4.42. The lowest BCUT2D eigenvalue weighted by molar-refractivity contribution is 0.100.